The van der Waals surface area contributed by atoms with Gasteiger partial charge in [-0.3, -0.25) is 19.2 Å². The monoisotopic (exact) mass is 656 g/mol. The second-order valence-electron chi connectivity index (χ2n) is 13.4. The van der Waals surface area contributed by atoms with Crippen LogP contribution in [0.3, 0.4) is 0 Å². The quantitative estimate of drug-likeness (QED) is 0.246. The van der Waals surface area contributed by atoms with Gasteiger partial charge in [0.25, 0.3) is 5.79 Å². The minimum absolute atomic E-state index is 0.0218. The summed E-state index contributed by atoms with van der Waals surface area (Å²) < 4.78 is 24.0. The van der Waals surface area contributed by atoms with E-state index in [0.29, 0.717) is 29.7 Å². The highest BCUT2D eigenvalue weighted by molar-refractivity contribution is 6.10. The first-order chi connectivity index (χ1) is 22.1. The normalized spacial score (nSPS) is 22.7. The van der Waals surface area contributed by atoms with E-state index in [0.717, 1.165) is 5.56 Å². The Balaban J connectivity index is 1.36. The molecule has 1 aliphatic carbocycles. The first kappa shape index (κ1) is 36.0. The van der Waals surface area contributed by atoms with Crippen LogP contribution in [-0.2, 0) is 48.7 Å². The first-order valence-electron chi connectivity index (χ1n) is 16.2. The lowest BCUT2D eigenvalue weighted by Gasteiger charge is -2.41. The number of rotatable bonds is 14. The van der Waals surface area contributed by atoms with Crippen LogP contribution >= 0.6 is 0 Å². The molecule has 2 amide bonds. The lowest BCUT2D eigenvalue weighted by Crippen LogP contribution is -2.54. The van der Waals surface area contributed by atoms with Crippen molar-refractivity contribution in [1.29, 1.82) is 0 Å². The lowest BCUT2D eigenvalue weighted by atomic mass is 9.79. The predicted molar refractivity (Wildman–Crippen MR) is 167 cm³/mol. The van der Waals surface area contributed by atoms with Crippen molar-refractivity contribution in [3.05, 3.63) is 41.0 Å². The molecule has 0 aromatic heterocycles. The van der Waals surface area contributed by atoms with Crippen molar-refractivity contribution in [2.24, 2.45) is 0 Å². The van der Waals surface area contributed by atoms with E-state index in [1.165, 1.54) is 0 Å². The summed E-state index contributed by atoms with van der Waals surface area (Å²) in [5.41, 5.74) is 1.38. The average Bonchev–Trinajstić information content (AvgIpc) is 3.43. The summed E-state index contributed by atoms with van der Waals surface area (Å²) in [4.78, 5) is 63.5. The van der Waals surface area contributed by atoms with Crippen LogP contribution in [0.2, 0.25) is 0 Å². The van der Waals surface area contributed by atoms with Crippen molar-refractivity contribution in [2.75, 3.05) is 13.2 Å². The highest BCUT2D eigenvalue weighted by Gasteiger charge is 2.56. The number of Topliss-reactive ketones (excluding diaryl/α,β-unsaturated/α-hetero) is 1. The SMILES string of the molecule is CC(C)NC(=O)C(CCC(=O)[O-])NC(=O)C(CCC(=O)OCC1COC2(O1)C(=O)C1=C(OC(C)(C)CC1)c1ccccc12)NC(C)C. The van der Waals surface area contributed by atoms with Crippen LogP contribution in [0.1, 0.15) is 91.2 Å². The zero-order valence-electron chi connectivity index (χ0n) is 27.9. The Morgan fingerprint density at radius 1 is 0.979 bits per heavy atom. The number of ketones is 1. The number of hydrogen-bond donors (Lipinski definition) is 3. The van der Waals surface area contributed by atoms with Crippen LogP contribution in [0, 0.1) is 0 Å². The van der Waals surface area contributed by atoms with E-state index in [2.05, 4.69) is 16.0 Å². The fraction of sp³-hybridized carbons (Fsp3) is 0.618. The molecule has 4 unspecified atom stereocenters. The maximum absolute atomic E-state index is 13.8. The summed E-state index contributed by atoms with van der Waals surface area (Å²) in [5.74, 6) is -4.42. The molecule has 1 fully saturated rings. The van der Waals surface area contributed by atoms with Gasteiger partial charge in [-0.15, -0.1) is 0 Å². The van der Waals surface area contributed by atoms with Crippen molar-refractivity contribution < 1.29 is 48.0 Å². The highest BCUT2D eigenvalue weighted by atomic mass is 16.8. The van der Waals surface area contributed by atoms with E-state index in [1.807, 2.05) is 39.8 Å². The van der Waals surface area contributed by atoms with E-state index >= 15 is 0 Å². The molecule has 0 bridgehead atoms. The number of esters is 1. The van der Waals surface area contributed by atoms with Gasteiger partial charge in [-0.2, -0.15) is 0 Å². The van der Waals surface area contributed by atoms with Crippen molar-refractivity contribution >= 4 is 35.3 Å². The number of carboxylic acids is 1. The zero-order valence-corrected chi connectivity index (χ0v) is 27.9. The fourth-order valence-corrected chi connectivity index (χ4v) is 5.91. The average molecular weight is 657 g/mol. The molecule has 4 atom stereocenters. The molecule has 13 nitrogen and oxygen atoms in total. The van der Waals surface area contributed by atoms with Crippen molar-refractivity contribution in [3.63, 3.8) is 0 Å². The molecule has 47 heavy (non-hydrogen) atoms. The molecule has 0 radical (unpaired) electrons. The fourth-order valence-electron chi connectivity index (χ4n) is 5.91. The summed E-state index contributed by atoms with van der Waals surface area (Å²) >= 11 is 0. The smallest absolute Gasteiger partial charge is 0.305 e. The van der Waals surface area contributed by atoms with Crippen LogP contribution in [0.25, 0.3) is 5.76 Å². The van der Waals surface area contributed by atoms with Gasteiger partial charge in [0.1, 0.15) is 30.1 Å². The van der Waals surface area contributed by atoms with Crippen LogP contribution in [0.5, 0.6) is 0 Å². The molecule has 4 rings (SSSR count). The van der Waals surface area contributed by atoms with Gasteiger partial charge in [-0.1, -0.05) is 38.1 Å². The Bertz CT molecular complexity index is 1400. The molecule has 2 aliphatic heterocycles. The molecule has 1 saturated heterocycles. The Morgan fingerprint density at radius 2 is 1.66 bits per heavy atom. The van der Waals surface area contributed by atoms with Crippen LogP contribution in [0.4, 0.5) is 0 Å². The molecule has 1 aromatic rings. The van der Waals surface area contributed by atoms with Crippen molar-refractivity contribution in [1.82, 2.24) is 16.0 Å². The summed E-state index contributed by atoms with van der Waals surface area (Å²) in [7, 11) is 0. The molecule has 258 valence electrons. The largest absolute Gasteiger partial charge is 0.550 e. The van der Waals surface area contributed by atoms with E-state index in [4.69, 9.17) is 18.9 Å². The van der Waals surface area contributed by atoms with Crippen molar-refractivity contribution in [3.8, 4) is 0 Å². The summed E-state index contributed by atoms with van der Waals surface area (Å²) in [5, 5.41) is 19.4. The Morgan fingerprint density at radius 3 is 2.34 bits per heavy atom. The first-order valence-corrected chi connectivity index (χ1v) is 16.2. The molecular weight excluding hydrogens is 610 g/mol. The standard InChI is InChI=1S/C34H47N3O10/c1-19(2)35-25(32(43)37-26(11-13-27(38)39)31(42)36-20(3)4)12-14-28(40)44-17-21-18-45-34(46-21)24-10-8-7-9-22(24)29-23(30(34)41)15-16-33(5,6)47-29/h7-10,19-21,25-26,35H,11-18H2,1-6H3,(H,36,42)(H,37,43)(H,38,39)/p-1. The third kappa shape index (κ3) is 8.76. The number of aliphatic carboxylic acids is 1. The highest BCUT2D eigenvalue weighted by Crippen LogP contribution is 2.50. The van der Waals surface area contributed by atoms with Gasteiger partial charge in [0.05, 0.1) is 12.6 Å². The molecule has 2 heterocycles. The Kier molecular flexibility index (Phi) is 11.5. The molecule has 1 aromatic carbocycles. The summed E-state index contributed by atoms with van der Waals surface area (Å²) in [6, 6.07) is 5.00. The molecule has 3 aliphatic rings. The predicted octanol–water partition coefficient (Wildman–Crippen LogP) is 1.37. The number of ether oxygens (including phenoxy) is 4. The maximum atomic E-state index is 13.8. The number of hydrogen-bond acceptors (Lipinski definition) is 11. The van der Waals surface area contributed by atoms with Crippen molar-refractivity contribution in [2.45, 2.75) is 122 Å². The van der Waals surface area contributed by atoms with E-state index in [1.54, 1.807) is 26.0 Å². The third-order valence-electron chi connectivity index (χ3n) is 8.15. The number of amides is 2. The van der Waals surface area contributed by atoms with Gasteiger partial charge in [0.2, 0.25) is 17.6 Å². The maximum Gasteiger partial charge on any atom is 0.305 e. The Hall–Kier alpha value is -3.81. The molecule has 1 spiro atoms. The number of carboxylic acid groups (broad SMARTS) is 1. The van der Waals surface area contributed by atoms with Crippen LogP contribution in [0.15, 0.2) is 29.8 Å². The number of carbonyl (C=O) groups excluding carboxylic acids is 5. The second kappa shape index (κ2) is 15.0. The van der Waals surface area contributed by atoms with Crippen LogP contribution < -0.4 is 21.1 Å². The molecular formula is C34H46N3O10-. The van der Waals surface area contributed by atoms with Crippen LogP contribution in [-0.4, -0.2) is 78.6 Å². The van der Waals surface area contributed by atoms with Gasteiger partial charge < -0.3 is 44.8 Å². The topological polar surface area (TPSA) is 181 Å². The third-order valence-corrected chi connectivity index (χ3v) is 8.15. The lowest BCUT2D eigenvalue weighted by molar-refractivity contribution is -0.305. The van der Waals surface area contributed by atoms with Gasteiger partial charge in [0.15, 0.2) is 0 Å². The molecule has 3 N–H and O–H groups in total. The van der Waals surface area contributed by atoms with E-state index in [-0.39, 0.29) is 50.3 Å². The minimum atomic E-state index is -1.66. The van der Waals surface area contributed by atoms with Gasteiger partial charge >= 0.3 is 5.97 Å². The Labute approximate surface area is 275 Å². The number of benzene rings is 1. The van der Waals surface area contributed by atoms with E-state index < -0.39 is 59.7 Å². The number of nitrogens with one attached hydrogen (secondary N) is 3. The number of carbonyl (C=O) groups is 5. The minimum Gasteiger partial charge on any atom is -0.550 e. The zero-order chi connectivity index (χ0) is 34.5. The second-order valence-corrected chi connectivity index (χ2v) is 13.4. The number of fused-ring (bicyclic) bond motifs is 3. The molecule has 0 saturated carbocycles. The van der Waals surface area contributed by atoms with Gasteiger partial charge in [0, 0.05) is 41.2 Å². The molecule has 13 heteroatoms. The van der Waals surface area contributed by atoms with E-state index in [9.17, 15) is 29.1 Å². The van der Waals surface area contributed by atoms with Gasteiger partial charge in [-0.25, -0.2) is 0 Å². The summed E-state index contributed by atoms with van der Waals surface area (Å²) in [6.07, 6.45) is -0.186. The summed E-state index contributed by atoms with van der Waals surface area (Å²) in [6.45, 7) is 11.0. The van der Waals surface area contributed by atoms with Gasteiger partial charge in [-0.05, 0) is 59.8 Å².